The van der Waals surface area contributed by atoms with Crippen molar-refractivity contribution in [2.45, 2.75) is 18.6 Å². The first-order valence-electron chi connectivity index (χ1n) is 5.88. The van der Waals surface area contributed by atoms with E-state index < -0.39 is 12.0 Å². The van der Waals surface area contributed by atoms with Crippen LogP contribution in [0.25, 0.3) is 0 Å². The van der Waals surface area contributed by atoms with E-state index in [-0.39, 0.29) is 21.0 Å². The molecule has 0 aliphatic heterocycles. The molecule has 1 aromatic carbocycles. The van der Waals surface area contributed by atoms with E-state index in [0.717, 1.165) is 0 Å². The number of halogens is 1. The van der Waals surface area contributed by atoms with E-state index in [2.05, 4.69) is 10.6 Å². The SMILES string of the molecule is CSC(C)(C)CNC(=O)Nc1cccc(Cl)c1C(=O)O. The number of thioether (sulfide) groups is 1. The first kappa shape index (κ1) is 16.7. The van der Waals surface area contributed by atoms with E-state index in [0.29, 0.717) is 6.54 Å². The summed E-state index contributed by atoms with van der Waals surface area (Å²) in [6, 6.07) is 4.08. The second-order valence-corrected chi connectivity index (χ2v) is 6.66. The Balaban J connectivity index is 2.77. The van der Waals surface area contributed by atoms with Crippen LogP contribution in [0, 0.1) is 0 Å². The van der Waals surface area contributed by atoms with Crippen molar-refractivity contribution < 1.29 is 14.7 Å². The van der Waals surface area contributed by atoms with Crippen LogP contribution in [0.4, 0.5) is 10.5 Å². The highest BCUT2D eigenvalue weighted by Crippen LogP contribution is 2.24. The minimum Gasteiger partial charge on any atom is -0.478 e. The van der Waals surface area contributed by atoms with Crippen LogP contribution in [0.5, 0.6) is 0 Å². The first-order valence-corrected chi connectivity index (χ1v) is 7.49. The zero-order valence-electron chi connectivity index (χ0n) is 11.5. The summed E-state index contributed by atoms with van der Waals surface area (Å²) in [5.41, 5.74) is 0.0536. The Morgan fingerprint density at radius 2 is 2.05 bits per heavy atom. The molecule has 1 rings (SSSR count). The van der Waals surface area contributed by atoms with Crippen molar-refractivity contribution >= 4 is 41.1 Å². The number of urea groups is 1. The van der Waals surface area contributed by atoms with Crippen LogP contribution in [0.3, 0.4) is 0 Å². The number of carboxylic acids is 1. The predicted octanol–water partition coefficient (Wildman–Crippen LogP) is 3.30. The number of hydrogen-bond acceptors (Lipinski definition) is 3. The minimum absolute atomic E-state index is 0.0831. The summed E-state index contributed by atoms with van der Waals surface area (Å²) in [4.78, 5) is 22.9. The number of anilines is 1. The van der Waals surface area contributed by atoms with Gasteiger partial charge in [-0.2, -0.15) is 11.8 Å². The Bertz CT molecular complexity index is 520. The normalized spacial score (nSPS) is 11.0. The van der Waals surface area contributed by atoms with E-state index in [1.807, 2.05) is 20.1 Å². The van der Waals surface area contributed by atoms with Gasteiger partial charge in [0.1, 0.15) is 5.56 Å². The fraction of sp³-hybridized carbons (Fsp3) is 0.385. The molecule has 0 aliphatic rings. The highest BCUT2D eigenvalue weighted by molar-refractivity contribution is 7.99. The number of carboxylic acid groups (broad SMARTS) is 1. The summed E-state index contributed by atoms with van der Waals surface area (Å²) in [6.07, 6.45) is 1.96. The molecule has 0 atom stereocenters. The molecule has 0 heterocycles. The zero-order valence-corrected chi connectivity index (χ0v) is 13.1. The standard InChI is InChI=1S/C13H17ClN2O3S/c1-13(2,20-3)7-15-12(19)16-9-6-4-5-8(14)10(9)11(17)18/h4-6H,7H2,1-3H3,(H,17,18)(H2,15,16,19). The third kappa shape index (κ3) is 4.61. The van der Waals surface area contributed by atoms with Gasteiger partial charge in [-0.1, -0.05) is 17.7 Å². The molecule has 0 radical (unpaired) electrons. The summed E-state index contributed by atoms with van der Waals surface area (Å²) in [5.74, 6) is -1.18. The van der Waals surface area contributed by atoms with Crippen LogP contribution in [-0.4, -0.2) is 34.7 Å². The maximum absolute atomic E-state index is 11.8. The molecular formula is C13H17ClN2O3S. The summed E-state index contributed by atoms with van der Waals surface area (Å²) in [7, 11) is 0. The number of carbonyl (C=O) groups is 2. The Morgan fingerprint density at radius 1 is 1.40 bits per heavy atom. The van der Waals surface area contributed by atoms with Crippen LogP contribution in [-0.2, 0) is 0 Å². The third-order valence-corrected chi connectivity index (χ3v) is 4.27. The number of benzene rings is 1. The molecule has 5 nitrogen and oxygen atoms in total. The van der Waals surface area contributed by atoms with Gasteiger partial charge < -0.3 is 15.7 Å². The van der Waals surface area contributed by atoms with Crippen LogP contribution in [0.2, 0.25) is 5.02 Å². The molecule has 0 bridgehead atoms. The summed E-state index contributed by atoms with van der Waals surface area (Å²) in [5, 5.41) is 14.4. The lowest BCUT2D eigenvalue weighted by Crippen LogP contribution is -2.38. The molecule has 0 saturated heterocycles. The molecule has 7 heteroatoms. The average molecular weight is 317 g/mol. The lowest BCUT2D eigenvalue weighted by atomic mass is 10.2. The average Bonchev–Trinajstić information content (AvgIpc) is 2.36. The summed E-state index contributed by atoms with van der Waals surface area (Å²) >= 11 is 7.45. The first-order chi connectivity index (χ1) is 9.26. The van der Waals surface area contributed by atoms with E-state index in [4.69, 9.17) is 16.7 Å². The molecule has 20 heavy (non-hydrogen) atoms. The van der Waals surface area contributed by atoms with Crippen molar-refractivity contribution in [2.24, 2.45) is 0 Å². The molecule has 2 amide bonds. The molecule has 0 aromatic heterocycles. The Kier molecular flexibility index (Phi) is 5.71. The van der Waals surface area contributed by atoms with Crippen molar-refractivity contribution in [1.82, 2.24) is 5.32 Å². The quantitative estimate of drug-likeness (QED) is 0.778. The topological polar surface area (TPSA) is 78.4 Å². The Hall–Kier alpha value is -1.40. The predicted molar refractivity (Wildman–Crippen MR) is 83.0 cm³/mol. The van der Waals surface area contributed by atoms with Gasteiger partial charge in [-0.05, 0) is 32.2 Å². The van der Waals surface area contributed by atoms with Gasteiger partial charge in [0.2, 0.25) is 0 Å². The summed E-state index contributed by atoms with van der Waals surface area (Å²) in [6.45, 7) is 4.46. The number of rotatable bonds is 5. The monoisotopic (exact) mass is 316 g/mol. The van der Waals surface area contributed by atoms with Gasteiger partial charge in [0.15, 0.2) is 0 Å². The van der Waals surface area contributed by atoms with Crippen molar-refractivity contribution in [3.8, 4) is 0 Å². The number of amides is 2. The number of nitrogens with one attached hydrogen (secondary N) is 2. The Morgan fingerprint density at radius 3 is 2.60 bits per heavy atom. The minimum atomic E-state index is -1.18. The van der Waals surface area contributed by atoms with Crippen LogP contribution >= 0.6 is 23.4 Å². The molecule has 0 aliphatic carbocycles. The van der Waals surface area contributed by atoms with Crippen LogP contribution < -0.4 is 10.6 Å². The van der Waals surface area contributed by atoms with Crippen molar-refractivity contribution in [1.29, 1.82) is 0 Å². The fourth-order valence-electron chi connectivity index (χ4n) is 1.38. The molecule has 110 valence electrons. The lowest BCUT2D eigenvalue weighted by molar-refractivity contribution is 0.0698. The van der Waals surface area contributed by atoms with Gasteiger partial charge in [0.25, 0.3) is 0 Å². The lowest BCUT2D eigenvalue weighted by Gasteiger charge is -2.22. The molecular weight excluding hydrogens is 300 g/mol. The van der Waals surface area contributed by atoms with Gasteiger partial charge in [-0.15, -0.1) is 0 Å². The smallest absolute Gasteiger partial charge is 0.339 e. The van der Waals surface area contributed by atoms with Gasteiger partial charge in [-0.25, -0.2) is 9.59 Å². The van der Waals surface area contributed by atoms with E-state index in [1.165, 1.54) is 12.1 Å². The highest BCUT2D eigenvalue weighted by Gasteiger charge is 2.19. The van der Waals surface area contributed by atoms with Crippen molar-refractivity contribution in [3.05, 3.63) is 28.8 Å². The molecule has 0 fully saturated rings. The number of aromatic carboxylic acids is 1. The third-order valence-electron chi connectivity index (χ3n) is 2.70. The molecule has 0 saturated carbocycles. The van der Waals surface area contributed by atoms with Crippen molar-refractivity contribution in [3.63, 3.8) is 0 Å². The zero-order chi connectivity index (χ0) is 15.3. The molecule has 0 spiro atoms. The number of hydrogen-bond donors (Lipinski definition) is 3. The van der Waals surface area contributed by atoms with Crippen LogP contribution in [0.15, 0.2) is 18.2 Å². The van der Waals surface area contributed by atoms with E-state index in [1.54, 1.807) is 17.8 Å². The molecule has 0 unspecified atom stereocenters. The Labute approximate surface area is 127 Å². The van der Waals surface area contributed by atoms with Gasteiger partial charge in [0.05, 0.1) is 10.7 Å². The molecule has 1 aromatic rings. The maximum Gasteiger partial charge on any atom is 0.339 e. The highest BCUT2D eigenvalue weighted by atomic mass is 35.5. The molecule has 3 N–H and O–H groups in total. The van der Waals surface area contributed by atoms with Crippen LogP contribution in [0.1, 0.15) is 24.2 Å². The summed E-state index contributed by atoms with van der Waals surface area (Å²) < 4.78 is -0.0959. The van der Waals surface area contributed by atoms with Gasteiger partial charge in [0, 0.05) is 11.3 Å². The fourth-order valence-corrected chi connectivity index (χ4v) is 1.85. The second kappa shape index (κ2) is 6.85. The maximum atomic E-state index is 11.8. The second-order valence-electron chi connectivity index (χ2n) is 4.74. The van der Waals surface area contributed by atoms with E-state index in [9.17, 15) is 9.59 Å². The van der Waals surface area contributed by atoms with Gasteiger partial charge in [-0.3, -0.25) is 0 Å². The largest absolute Gasteiger partial charge is 0.478 e. The van der Waals surface area contributed by atoms with Crippen molar-refractivity contribution in [2.75, 3.05) is 18.1 Å². The number of carbonyl (C=O) groups excluding carboxylic acids is 1. The van der Waals surface area contributed by atoms with E-state index >= 15 is 0 Å². The van der Waals surface area contributed by atoms with Gasteiger partial charge >= 0.3 is 12.0 Å².